The van der Waals surface area contributed by atoms with Gasteiger partial charge in [0.15, 0.2) is 0 Å². The maximum atomic E-state index is 6.01. The van der Waals surface area contributed by atoms with Crippen molar-refractivity contribution < 1.29 is 0 Å². The van der Waals surface area contributed by atoms with Gasteiger partial charge in [-0.25, -0.2) is 0 Å². The van der Waals surface area contributed by atoms with Gasteiger partial charge in [-0.2, -0.15) is 5.10 Å². The zero-order valence-corrected chi connectivity index (χ0v) is 13.3. The zero-order valence-electron chi connectivity index (χ0n) is 12.6. The molecule has 0 fully saturated rings. The molecule has 1 aromatic heterocycles. The van der Waals surface area contributed by atoms with Gasteiger partial charge in [-0.1, -0.05) is 35.9 Å². The van der Waals surface area contributed by atoms with Gasteiger partial charge in [-0.05, 0) is 38.8 Å². The SMILES string of the molecule is Cc1nn(Cc2ccc(CNC(C)(C)C)cc2)cc1Cl. The molecular weight excluding hydrogens is 270 g/mol. The molecule has 0 amide bonds. The van der Waals surface area contributed by atoms with Gasteiger partial charge in [0.2, 0.25) is 0 Å². The van der Waals surface area contributed by atoms with Crippen molar-refractivity contribution in [2.45, 2.75) is 46.3 Å². The minimum atomic E-state index is 0.141. The van der Waals surface area contributed by atoms with E-state index in [1.165, 1.54) is 11.1 Å². The molecule has 108 valence electrons. The van der Waals surface area contributed by atoms with Crippen LogP contribution in [-0.2, 0) is 13.1 Å². The first kappa shape index (κ1) is 15.1. The van der Waals surface area contributed by atoms with Crippen LogP contribution in [0.15, 0.2) is 30.5 Å². The van der Waals surface area contributed by atoms with Crippen molar-refractivity contribution in [3.8, 4) is 0 Å². The molecule has 2 rings (SSSR count). The van der Waals surface area contributed by atoms with Gasteiger partial charge < -0.3 is 5.32 Å². The fourth-order valence-corrected chi connectivity index (χ4v) is 2.04. The summed E-state index contributed by atoms with van der Waals surface area (Å²) in [5, 5.41) is 8.57. The second-order valence-electron chi connectivity index (χ2n) is 6.18. The Labute approximate surface area is 126 Å². The van der Waals surface area contributed by atoms with Gasteiger partial charge in [0.05, 0.1) is 17.3 Å². The number of aryl methyl sites for hydroxylation is 1. The van der Waals surface area contributed by atoms with Crippen LogP contribution in [0.3, 0.4) is 0 Å². The zero-order chi connectivity index (χ0) is 14.8. The van der Waals surface area contributed by atoms with E-state index in [1.54, 1.807) is 0 Å². The Balaban J connectivity index is 1.98. The van der Waals surface area contributed by atoms with E-state index < -0.39 is 0 Å². The monoisotopic (exact) mass is 291 g/mol. The molecule has 0 radical (unpaired) electrons. The number of nitrogens with one attached hydrogen (secondary N) is 1. The highest BCUT2D eigenvalue weighted by Crippen LogP contribution is 2.14. The van der Waals surface area contributed by atoms with Crippen LogP contribution in [-0.4, -0.2) is 15.3 Å². The minimum absolute atomic E-state index is 0.141. The summed E-state index contributed by atoms with van der Waals surface area (Å²) in [5.74, 6) is 0. The summed E-state index contributed by atoms with van der Waals surface area (Å²) < 4.78 is 1.88. The summed E-state index contributed by atoms with van der Waals surface area (Å²) in [6, 6.07) is 8.60. The summed E-state index contributed by atoms with van der Waals surface area (Å²) >= 11 is 6.01. The first-order valence-corrected chi connectivity index (χ1v) is 7.24. The number of aromatic nitrogens is 2. The molecule has 3 nitrogen and oxygen atoms in total. The number of hydrogen-bond acceptors (Lipinski definition) is 2. The van der Waals surface area contributed by atoms with Gasteiger partial charge in [0.1, 0.15) is 0 Å². The molecule has 0 unspecified atom stereocenters. The van der Waals surface area contributed by atoms with Crippen molar-refractivity contribution in [1.29, 1.82) is 0 Å². The Morgan fingerprint density at radius 1 is 1.15 bits per heavy atom. The molecule has 0 saturated heterocycles. The van der Waals surface area contributed by atoms with Crippen LogP contribution < -0.4 is 5.32 Å². The summed E-state index contributed by atoms with van der Waals surface area (Å²) in [7, 11) is 0. The molecule has 20 heavy (non-hydrogen) atoms. The topological polar surface area (TPSA) is 29.9 Å². The lowest BCUT2D eigenvalue weighted by Gasteiger charge is -2.20. The van der Waals surface area contributed by atoms with Gasteiger partial charge in [0.25, 0.3) is 0 Å². The standard InChI is InChI=1S/C16H22ClN3/c1-12-15(17)11-20(19-12)10-14-7-5-13(6-8-14)9-18-16(2,3)4/h5-8,11,18H,9-10H2,1-4H3. The molecule has 1 aromatic carbocycles. The van der Waals surface area contributed by atoms with Gasteiger partial charge in [-0.3, -0.25) is 4.68 Å². The van der Waals surface area contributed by atoms with E-state index in [1.807, 2.05) is 17.8 Å². The third-order valence-electron chi connectivity index (χ3n) is 3.08. The molecule has 2 aromatic rings. The number of rotatable bonds is 4. The lowest BCUT2D eigenvalue weighted by molar-refractivity contribution is 0.424. The molecule has 1 N–H and O–H groups in total. The van der Waals surface area contributed by atoms with Crippen LogP contribution >= 0.6 is 11.6 Å². The highest BCUT2D eigenvalue weighted by molar-refractivity contribution is 6.31. The van der Waals surface area contributed by atoms with Crippen LogP contribution in [0.1, 0.15) is 37.6 Å². The fourth-order valence-electron chi connectivity index (χ4n) is 1.89. The average molecular weight is 292 g/mol. The van der Waals surface area contributed by atoms with Crippen LogP contribution in [0.4, 0.5) is 0 Å². The highest BCUT2D eigenvalue weighted by Gasteiger charge is 2.08. The smallest absolute Gasteiger partial charge is 0.0815 e. The molecule has 4 heteroatoms. The molecule has 0 bridgehead atoms. The number of hydrogen-bond donors (Lipinski definition) is 1. The first-order valence-electron chi connectivity index (χ1n) is 6.86. The van der Waals surface area contributed by atoms with E-state index in [0.29, 0.717) is 0 Å². The van der Waals surface area contributed by atoms with E-state index in [0.717, 1.165) is 23.8 Å². The van der Waals surface area contributed by atoms with Crippen molar-refractivity contribution in [2.24, 2.45) is 0 Å². The van der Waals surface area contributed by atoms with Crippen molar-refractivity contribution >= 4 is 11.6 Å². The second kappa shape index (κ2) is 5.98. The Morgan fingerprint density at radius 3 is 2.25 bits per heavy atom. The molecule has 0 aliphatic carbocycles. The molecule has 0 atom stereocenters. The Bertz CT molecular complexity index is 545. The molecule has 0 aliphatic rings. The summed E-state index contributed by atoms with van der Waals surface area (Å²) in [5.41, 5.74) is 3.53. The van der Waals surface area contributed by atoms with E-state index >= 15 is 0 Å². The van der Waals surface area contributed by atoms with Gasteiger partial charge >= 0.3 is 0 Å². The van der Waals surface area contributed by atoms with E-state index in [4.69, 9.17) is 11.6 Å². The number of benzene rings is 1. The normalized spacial score (nSPS) is 11.8. The minimum Gasteiger partial charge on any atom is -0.308 e. The van der Waals surface area contributed by atoms with Crippen LogP contribution in [0.5, 0.6) is 0 Å². The third-order valence-corrected chi connectivity index (χ3v) is 3.45. The molecule has 0 aliphatic heterocycles. The Kier molecular flexibility index (Phi) is 4.51. The first-order chi connectivity index (χ1) is 9.33. The van der Waals surface area contributed by atoms with Crippen molar-refractivity contribution in [3.05, 3.63) is 52.3 Å². The Morgan fingerprint density at radius 2 is 1.75 bits per heavy atom. The number of halogens is 1. The lowest BCUT2D eigenvalue weighted by Crippen LogP contribution is -2.35. The third kappa shape index (κ3) is 4.36. The average Bonchev–Trinajstić information content (AvgIpc) is 2.66. The molecule has 0 spiro atoms. The maximum Gasteiger partial charge on any atom is 0.0815 e. The number of nitrogens with zero attached hydrogens (tertiary/aromatic N) is 2. The van der Waals surface area contributed by atoms with E-state index in [-0.39, 0.29) is 5.54 Å². The van der Waals surface area contributed by atoms with Crippen LogP contribution in [0.2, 0.25) is 5.02 Å². The van der Waals surface area contributed by atoms with Gasteiger partial charge in [0, 0.05) is 18.3 Å². The molecule has 0 saturated carbocycles. The Hall–Kier alpha value is -1.32. The second-order valence-corrected chi connectivity index (χ2v) is 6.59. The van der Waals surface area contributed by atoms with Crippen molar-refractivity contribution in [1.82, 2.24) is 15.1 Å². The lowest BCUT2D eigenvalue weighted by atomic mass is 10.1. The summed E-state index contributed by atoms with van der Waals surface area (Å²) in [6.07, 6.45) is 1.87. The maximum absolute atomic E-state index is 6.01. The van der Waals surface area contributed by atoms with E-state index in [2.05, 4.69) is 55.5 Å². The largest absolute Gasteiger partial charge is 0.308 e. The van der Waals surface area contributed by atoms with Crippen LogP contribution in [0.25, 0.3) is 0 Å². The quantitative estimate of drug-likeness (QED) is 0.929. The summed E-state index contributed by atoms with van der Waals surface area (Å²) in [4.78, 5) is 0. The predicted molar refractivity (Wildman–Crippen MR) is 84.1 cm³/mol. The van der Waals surface area contributed by atoms with Crippen molar-refractivity contribution in [2.75, 3.05) is 0 Å². The van der Waals surface area contributed by atoms with E-state index in [9.17, 15) is 0 Å². The highest BCUT2D eigenvalue weighted by atomic mass is 35.5. The van der Waals surface area contributed by atoms with Crippen LogP contribution in [0, 0.1) is 6.92 Å². The fraction of sp³-hybridized carbons (Fsp3) is 0.438. The summed E-state index contributed by atoms with van der Waals surface area (Å²) in [6.45, 7) is 10.1. The molecule has 1 heterocycles. The van der Waals surface area contributed by atoms with Crippen molar-refractivity contribution in [3.63, 3.8) is 0 Å². The predicted octanol–water partition coefficient (Wildman–Crippen LogP) is 3.78. The molecular formula is C16H22ClN3. The van der Waals surface area contributed by atoms with Gasteiger partial charge in [-0.15, -0.1) is 0 Å².